The summed E-state index contributed by atoms with van der Waals surface area (Å²) in [6.07, 6.45) is 0.784. The van der Waals surface area contributed by atoms with Crippen LogP contribution in [0.5, 0.6) is 0 Å². The first-order chi connectivity index (χ1) is 12.0. The maximum absolute atomic E-state index is 12.1. The van der Waals surface area contributed by atoms with Gasteiger partial charge in [-0.2, -0.15) is 0 Å². The predicted octanol–water partition coefficient (Wildman–Crippen LogP) is 4.27. The number of anilines is 2. The van der Waals surface area contributed by atoms with Crippen LogP contribution in [0.2, 0.25) is 5.02 Å². The van der Waals surface area contributed by atoms with Crippen molar-refractivity contribution >= 4 is 34.9 Å². The van der Waals surface area contributed by atoms with Crippen molar-refractivity contribution in [2.75, 3.05) is 23.8 Å². The van der Waals surface area contributed by atoms with Crippen LogP contribution in [0.4, 0.5) is 11.4 Å². The summed E-state index contributed by atoms with van der Waals surface area (Å²) in [6.45, 7) is 4.30. The number of hydrogen-bond acceptors (Lipinski definition) is 4. The fraction of sp³-hybridized carbons (Fsp3) is 0.263. The molecule has 5 nitrogen and oxygen atoms in total. The van der Waals surface area contributed by atoms with E-state index in [1.807, 2.05) is 13.8 Å². The van der Waals surface area contributed by atoms with Crippen LogP contribution in [0.15, 0.2) is 42.5 Å². The van der Waals surface area contributed by atoms with Gasteiger partial charge in [0, 0.05) is 16.4 Å². The first kappa shape index (κ1) is 18.8. The lowest BCUT2D eigenvalue weighted by Gasteiger charge is -2.11. The van der Waals surface area contributed by atoms with Crippen molar-refractivity contribution in [2.45, 2.75) is 20.3 Å². The monoisotopic (exact) mass is 360 g/mol. The van der Waals surface area contributed by atoms with Crippen LogP contribution < -0.4 is 10.6 Å². The molecule has 0 aromatic heterocycles. The Hall–Kier alpha value is -2.53. The van der Waals surface area contributed by atoms with Crippen LogP contribution in [0.25, 0.3) is 0 Å². The standard InChI is InChI=1S/C19H21ClN2O3/c1-3-11-25-19(24)14-7-9-15(10-8-14)21-12-18(23)22-17-6-4-5-16(20)13(17)2/h4-10,21H,3,11-12H2,1-2H3,(H,22,23). The zero-order valence-corrected chi connectivity index (χ0v) is 15.0. The third kappa shape index (κ3) is 5.50. The molecule has 0 aliphatic rings. The summed E-state index contributed by atoms with van der Waals surface area (Å²) < 4.78 is 5.07. The Balaban J connectivity index is 1.87. The molecule has 0 atom stereocenters. The highest BCUT2D eigenvalue weighted by Gasteiger charge is 2.08. The number of benzene rings is 2. The Labute approximate surface area is 152 Å². The van der Waals surface area contributed by atoms with Crippen LogP contribution in [-0.2, 0) is 9.53 Å². The molecule has 0 saturated carbocycles. The SMILES string of the molecule is CCCOC(=O)c1ccc(NCC(=O)Nc2cccc(Cl)c2C)cc1. The topological polar surface area (TPSA) is 67.4 Å². The second kappa shape index (κ2) is 9.08. The van der Waals surface area contributed by atoms with Gasteiger partial charge in [0.25, 0.3) is 0 Å². The number of carbonyl (C=O) groups excluding carboxylic acids is 2. The van der Waals surface area contributed by atoms with Gasteiger partial charge in [-0.3, -0.25) is 4.79 Å². The van der Waals surface area contributed by atoms with Gasteiger partial charge in [-0.05, 0) is 55.3 Å². The Morgan fingerprint density at radius 3 is 2.52 bits per heavy atom. The molecule has 0 saturated heterocycles. The molecule has 2 rings (SSSR count). The summed E-state index contributed by atoms with van der Waals surface area (Å²) >= 11 is 6.04. The molecule has 25 heavy (non-hydrogen) atoms. The maximum Gasteiger partial charge on any atom is 0.338 e. The highest BCUT2D eigenvalue weighted by atomic mass is 35.5. The fourth-order valence-electron chi connectivity index (χ4n) is 2.12. The second-order valence-corrected chi connectivity index (χ2v) is 5.93. The molecule has 0 heterocycles. The average Bonchev–Trinajstić information content (AvgIpc) is 2.62. The minimum Gasteiger partial charge on any atom is -0.462 e. The van der Waals surface area contributed by atoms with Gasteiger partial charge >= 0.3 is 5.97 Å². The number of hydrogen-bond donors (Lipinski definition) is 2. The van der Waals surface area contributed by atoms with E-state index in [1.165, 1.54) is 0 Å². The van der Waals surface area contributed by atoms with Gasteiger partial charge < -0.3 is 15.4 Å². The number of halogens is 1. The van der Waals surface area contributed by atoms with Crippen molar-refractivity contribution in [3.8, 4) is 0 Å². The van der Waals surface area contributed by atoms with Crippen molar-refractivity contribution in [1.82, 2.24) is 0 Å². The van der Waals surface area contributed by atoms with E-state index >= 15 is 0 Å². The molecule has 2 aromatic rings. The number of esters is 1. The Morgan fingerprint density at radius 1 is 1.12 bits per heavy atom. The molecular weight excluding hydrogens is 340 g/mol. The lowest BCUT2D eigenvalue weighted by molar-refractivity contribution is -0.114. The molecule has 0 fully saturated rings. The van der Waals surface area contributed by atoms with Gasteiger partial charge in [0.05, 0.1) is 18.7 Å². The van der Waals surface area contributed by atoms with Gasteiger partial charge in [0.15, 0.2) is 0 Å². The molecule has 6 heteroatoms. The van der Waals surface area contributed by atoms with E-state index in [1.54, 1.807) is 42.5 Å². The van der Waals surface area contributed by atoms with E-state index in [-0.39, 0.29) is 18.4 Å². The summed E-state index contributed by atoms with van der Waals surface area (Å²) in [4.78, 5) is 23.8. The van der Waals surface area contributed by atoms with Crippen molar-refractivity contribution in [3.05, 3.63) is 58.6 Å². The minimum atomic E-state index is -0.345. The van der Waals surface area contributed by atoms with E-state index in [0.717, 1.165) is 17.7 Å². The minimum absolute atomic E-state index is 0.103. The normalized spacial score (nSPS) is 10.2. The summed E-state index contributed by atoms with van der Waals surface area (Å²) in [7, 11) is 0. The molecule has 0 spiro atoms. The van der Waals surface area contributed by atoms with E-state index in [0.29, 0.717) is 22.9 Å². The highest BCUT2D eigenvalue weighted by Crippen LogP contribution is 2.22. The smallest absolute Gasteiger partial charge is 0.338 e. The summed E-state index contributed by atoms with van der Waals surface area (Å²) in [5, 5.41) is 6.43. The van der Waals surface area contributed by atoms with Crippen molar-refractivity contribution in [2.24, 2.45) is 0 Å². The second-order valence-electron chi connectivity index (χ2n) is 5.53. The average molecular weight is 361 g/mol. The van der Waals surface area contributed by atoms with Crippen molar-refractivity contribution < 1.29 is 14.3 Å². The van der Waals surface area contributed by atoms with Crippen LogP contribution in [0.3, 0.4) is 0 Å². The summed E-state index contributed by atoms with van der Waals surface area (Å²) in [5.41, 5.74) is 2.74. The Bertz CT molecular complexity index is 745. The van der Waals surface area contributed by atoms with E-state index in [9.17, 15) is 9.59 Å². The molecule has 0 aliphatic heterocycles. The summed E-state index contributed by atoms with van der Waals surface area (Å²) in [6, 6.07) is 12.2. The zero-order chi connectivity index (χ0) is 18.2. The molecule has 1 amide bonds. The Morgan fingerprint density at radius 2 is 1.84 bits per heavy atom. The van der Waals surface area contributed by atoms with Crippen LogP contribution in [-0.4, -0.2) is 25.0 Å². The molecular formula is C19H21ClN2O3. The molecule has 2 N–H and O–H groups in total. The molecule has 2 aromatic carbocycles. The van der Waals surface area contributed by atoms with Crippen molar-refractivity contribution in [3.63, 3.8) is 0 Å². The quantitative estimate of drug-likeness (QED) is 0.724. The van der Waals surface area contributed by atoms with Gasteiger partial charge in [-0.1, -0.05) is 24.6 Å². The van der Waals surface area contributed by atoms with Gasteiger partial charge in [-0.25, -0.2) is 4.79 Å². The molecule has 0 unspecified atom stereocenters. The summed E-state index contributed by atoms with van der Waals surface area (Å²) in [5.74, 6) is -0.528. The molecule has 132 valence electrons. The Kier molecular flexibility index (Phi) is 6.83. The molecule has 0 radical (unpaired) electrons. The van der Waals surface area contributed by atoms with Crippen LogP contribution >= 0.6 is 11.6 Å². The molecule has 0 bridgehead atoms. The predicted molar refractivity (Wildman–Crippen MR) is 100 cm³/mol. The maximum atomic E-state index is 12.1. The van der Waals surface area contributed by atoms with E-state index in [4.69, 9.17) is 16.3 Å². The largest absolute Gasteiger partial charge is 0.462 e. The van der Waals surface area contributed by atoms with Gasteiger partial charge in [0.2, 0.25) is 5.91 Å². The van der Waals surface area contributed by atoms with Crippen LogP contribution in [0.1, 0.15) is 29.3 Å². The lowest BCUT2D eigenvalue weighted by atomic mass is 10.2. The number of nitrogens with one attached hydrogen (secondary N) is 2. The first-order valence-electron chi connectivity index (χ1n) is 8.07. The number of carbonyl (C=O) groups is 2. The van der Waals surface area contributed by atoms with Gasteiger partial charge in [-0.15, -0.1) is 0 Å². The first-order valence-corrected chi connectivity index (χ1v) is 8.45. The van der Waals surface area contributed by atoms with Crippen LogP contribution in [0, 0.1) is 6.92 Å². The fourth-order valence-corrected chi connectivity index (χ4v) is 2.30. The molecule has 0 aliphatic carbocycles. The number of ether oxygens (including phenoxy) is 1. The number of amides is 1. The third-order valence-corrected chi connectivity index (χ3v) is 3.96. The van der Waals surface area contributed by atoms with Crippen molar-refractivity contribution in [1.29, 1.82) is 0 Å². The third-order valence-electron chi connectivity index (χ3n) is 3.55. The highest BCUT2D eigenvalue weighted by molar-refractivity contribution is 6.31. The lowest BCUT2D eigenvalue weighted by Crippen LogP contribution is -2.22. The van der Waals surface area contributed by atoms with Gasteiger partial charge in [0.1, 0.15) is 0 Å². The number of rotatable bonds is 7. The van der Waals surface area contributed by atoms with E-state index < -0.39 is 0 Å². The zero-order valence-electron chi connectivity index (χ0n) is 14.3. The van der Waals surface area contributed by atoms with E-state index in [2.05, 4.69) is 10.6 Å².